The second-order valence-corrected chi connectivity index (χ2v) is 7.17. The van der Waals surface area contributed by atoms with Gasteiger partial charge in [-0.05, 0) is 36.0 Å². The molecule has 0 saturated carbocycles. The smallest absolute Gasteiger partial charge is 0.243 e. The first-order valence-corrected chi connectivity index (χ1v) is 8.81. The Morgan fingerprint density at radius 3 is 2.73 bits per heavy atom. The highest BCUT2D eigenvalue weighted by atomic mass is 16.2. The first-order valence-electron chi connectivity index (χ1n) is 8.81. The van der Waals surface area contributed by atoms with Crippen molar-refractivity contribution in [2.75, 3.05) is 0 Å². The number of Topliss-reactive ketones (excluding diaryl/α,β-unsaturated/α-hetero) is 1. The molecule has 1 heterocycles. The quantitative estimate of drug-likeness (QED) is 0.796. The Bertz CT molecular complexity index is 980. The molecule has 2 aromatic rings. The Balaban J connectivity index is 2.07. The molecular formula is C21H19N3O2. The lowest BCUT2D eigenvalue weighted by molar-refractivity contribution is -0.121. The number of carbonyl (C=O) groups excluding carboxylic acids is 2. The lowest BCUT2D eigenvalue weighted by Gasteiger charge is -2.46. The number of fused-ring (bicyclic) bond motifs is 3. The van der Waals surface area contributed by atoms with E-state index in [1.54, 1.807) is 12.3 Å². The summed E-state index contributed by atoms with van der Waals surface area (Å²) in [5.74, 6) is -0.509. The molecular weight excluding hydrogens is 326 g/mol. The molecule has 0 bridgehead atoms. The van der Waals surface area contributed by atoms with Crippen molar-refractivity contribution in [1.29, 1.82) is 5.26 Å². The maximum absolute atomic E-state index is 12.6. The zero-order valence-electron chi connectivity index (χ0n) is 14.8. The number of benzene rings is 1. The van der Waals surface area contributed by atoms with Crippen LogP contribution in [0.2, 0.25) is 0 Å². The largest absolute Gasteiger partial charge is 0.293 e. The number of nitrogens with zero attached hydrogens (tertiary/aromatic N) is 3. The van der Waals surface area contributed by atoms with Crippen LogP contribution in [0.25, 0.3) is 0 Å². The monoisotopic (exact) mass is 345 g/mol. The van der Waals surface area contributed by atoms with Crippen LogP contribution in [0.5, 0.6) is 0 Å². The van der Waals surface area contributed by atoms with E-state index in [2.05, 4.69) is 11.2 Å². The van der Waals surface area contributed by atoms with E-state index in [1.165, 1.54) is 11.6 Å². The van der Waals surface area contributed by atoms with Crippen molar-refractivity contribution in [2.45, 2.75) is 32.1 Å². The molecule has 0 aliphatic heterocycles. The van der Waals surface area contributed by atoms with E-state index in [1.807, 2.05) is 37.3 Å². The van der Waals surface area contributed by atoms with E-state index in [4.69, 9.17) is 0 Å². The molecule has 0 spiro atoms. The third-order valence-electron chi connectivity index (χ3n) is 5.84. The van der Waals surface area contributed by atoms with Crippen molar-refractivity contribution in [3.8, 4) is 6.07 Å². The first-order chi connectivity index (χ1) is 12.5. The van der Waals surface area contributed by atoms with Crippen molar-refractivity contribution in [3.05, 3.63) is 65.0 Å². The van der Waals surface area contributed by atoms with E-state index in [0.717, 1.165) is 29.7 Å². The van der Waals surface area contributed by atoms with Crippen molar-refractivity contribution < 1.29 is 9.59 Å². The standard InChI is InChI=1S/C21H19N3O2/c1-13-18-9-8-15-12-24(14(2)25)23-20(15)21(18,10-16(11-22)19(13)26)17-6-4-3-5-7-17/h3-7,10,12-13,18H,8-9H2,1-2H3/t13-,18-,21+/m0/s1. The molecule has 1 aromatic heterocycles. The van der Waals surface area contributed by atoms with Gasteiger partial charge in [0.05, 0.1) is 16.7 Å². The third kappa shape index (κ3) is 2.12. The molecule has 0 amide bonds. The van der Waals surface area contributed by atoms with E-state index in [-0.39, 0.29) is 29.1 Å². The summed E-state index contributed by atoms with van der Waals surface area (Å²) < 4.78 is 1.37. The number of allylic oxidation sites excluding steroid dienone is 2. The average Bonchev–Trinajstić information content (AvgIpc) is 3.10. The molecule has 2 aliphatic rings. The van der Waals surface area contributed by atoms with Gasteiger partial charge >= 0.3 is 0 Å². The molecule has 130 valence electrons. The fraction of sp³-hybridized carbons (Fsp3) is 0.333. The number of ketones is 1. The Labute approximate surface area is 151 Å². The number of carbonyl (C=O) groups is 2. The number of nitriles is 1. The molecule has 0 unspecified atom stereocenters. The van der Waals surface area contributed by atoms with Crippen LogP contribution in [0.4, 0.5) is 0 Å². The van der Waals surface area contributed by atoms with Crippen LogP contribution >= 0.6 is 0 Å². The first kappa shape index (κ1) is 16.5. The van der Waals surface area contributed by atoms with Crippen molar-refractivity contribution in [1.82, 2.24) is 9.78 Å². The van der Waals surface area contributed by atoms with Gasteiger partial charge in [0.15, 0.2) is 5.78 Å². The fourth-order valence-electron chi connectivity index (χ4n) is 4.60. The Morgan fingerprint density at radius 1 is 1.35 bits per heavy atom. The van der Waals surface area contributed by atoms with Gasteiger partial charge in [-0.1, -0.05) is 37.3 Å². The van der Waals surface area contributed by atoms with Gasteiger partial charge in [-0.3, -0.25) is 9.59 Å². The van der Waals surface area contributed by atoms with E-state index in [0.29, 0.717) is 0 Å². The van der Waals surface area contributed by atoms with E-state index >= 15 is 0 Å². The number of aryl methyl sites for hydroxylation is 1. The second kappa shape index (κ2) is 5.77. The molecule has 3 atom stereocenters. The summed E-state index contributed by atoms with van der Waals surface area (Å²) in [6.45, 7) is 3.39. The highest BCUT2D eigenvalue weighted by molar-refractivity contribution is 6.02. The molecule has 4 rings (SSSR count). The Morgan fingerprint density at radius 2 is 2.08 bits per heavy atom. The number of rotatable bonds is 1. The number of hydrogen-bond acceptors (Lipinski definition) is 4. The highest BCUT2D eigenvalue weighted by Gasteiger charge is 2.53. The van der Waals surface area contributed by atoms with Gasteiger partial charge in [0.25, 0.3) is 0 Å². The van der Waals surface area contributed by atoms with Gasteiger partial charge in [0.2, 0.25) is 5.91 Å². The van der Waals surface area contributed by atoms with Crippen molar-refractivity contribution in [2.24, 2.45) is 11.8 Å². The molecule has 0 fully saturated rings. The van der Waals surface area contributed by atoms with Gasteiger partial charge in [-0.2, -0.15) is 10.4 Å². The van der Waals surface area contributed by atoms with Crippen molar-refractivity contribution in [3.63, 3.8) is 0 Å². The molecule has 0 saturated heterocycles. The second-order valence-electron chi connectivity index (χ2n) is 7.17. The Hall–Kier alpha value is -3.00. The minimum atomic E-state index is -0.659. The fourth-order valence-corrected chi connectivity index (χ4v) is 4.60. The van der Waals surface area contributed by atoms with Crippen LogP contribution in [0.15, 0.2) is 48.2 Å². The summed E-state index contributed by atoms with van der Waals surface area (Å²) in [6, 6.07) is 12.0. The summed E-state index contributed by atoms with van der Waals surface area (Å²) >= 11 is 0. The molecule has 0 N–H and O–H groups in total. The SMILES string of the molecule is CC(=O)n1cc2c(n1)[C@@]1(c3ccccc3)C=C(C#N)C(=O)[C@@H](C)[C@@H]1CC2. The third-order valence-corrected chi connectivity index (χ3v) is 5.84. The molecule has 0 radical (unpaired) electrons. The number of aromatic nitrogens is 2. The highest BCUT2D eigenvalue weighted by Crippen LogP contribution is 2.53. The maximum atomic E-state index is 12.6. The minimum absolute atomic E-state index is 0.0114. The topological polar surface area (TPSA) is 75.8 Å². The average molecular weight is 345 g/mol. The van der Waals surface area contributed by atoms with Crippen LogP contribution in [0.1, 0.15) is 41.9 Å². The molecule has 5 nitrogen and oxygen atoms in total. The summed E-state index contributed by atoms with van der Waals surface area (Å²) in [4.78, 5) is 24.5. The summed E-state index contributed by atoms with van der Waals surface area (Å²) in [6.07, 6.45) is 5.17. The lowest BCUT2D eigenvalue weighted by Crippen LogP contribution is -2.48. The zero-order valence-corrected chi connectivity index (χ0v) is 14.8. The summed E-state index contributed by atoms with van der Waals surface area (Å²) in [7, 11) is 0. The van der Waals surface area contributed by atoms with Crippen LogP contribution < -0.4 is 0 Å². The van der Waals surface area contributed by atoms with Gasteiger partial charge in [-0.15, -0.1) is 0 Å². The van der Waals surface area contributed by atoms with Crippen LogP contribution in [-0.4, -0.2) is 21.5 Å². The molecule has 5 heteroatoms. The molecule has 2 aliphatic carbocycles. The summed E-state index contributed by atoms with van der Waals surface area (Å²) in [5.41, 5.74) is 2.33. The Kier molecular flexibility index (Phi) is 3.66. The zero-order chi connectivity index (χ0) is 18.5. The van der Waals surface area contributed by atoms with Gasteiger partial charge in [0, 0.05) is 19.0 Å². The number of hydrogen-bond donors (Lipinski definition) is 0. The van der Waals surface area contributed by atoms with Gasteiger partial charge in [0.1, 0.15) is 6.07 Å². The van der Waals surface area contributed by atoms with Crippen LogP contribution in [-0.2, 0) is 16.6 Å². The maximum Gasteiger partial charge on any atom is 0.243 e. The van der Waals surface area contributed by atoms with E-state index < -0.39 is 5.41 Å². The van der Waals surface area contributed by atoms with Crippen molar-refractivity contribution >= 4 is 11.7 Å². The molecule has 1 aromatic carbocycles. The van der Waals surface area contributed by atoms with Gasteiger partial charge < -0.3 is 0 Å². The molecule has 26 heavy (non-hydrogen) atoms. The minimum Gasteiger partial charge on any atom is -0.293 e. The van der Waals surface area contributed by atoms with Gasteiger partial charge in [-0.25, -0.2) is 4.68 Å². The van der Waals surface area contributed by atoms with E-state index in [9.17, 15) is 14.9 Å². The summed E-state index contributed by atoms with van der Waals surface area (Å²) in [5, 5.41) is 14.2. The predicted octanol–water partition coefficient (Wildman–Crippen LogP) is 3.06. The normalized spacial score (nSPS) is 27.1. The lowest BCUT2D eigenvalue weighted by atomic mass is 9.54. The van der Waals surface area contributed by atoms with Crippen LogP contribution in [0.3, 0.4) is 0 Å². The van der Waals surface area contributed by atoms with Crippen LogP contribution in [0, 0.1) is 23.2 Å². The predicted molar refractivity (Wildman–Crippen MR) is 95.4 cm³/mol.